The molecule has 0 aromatic carbocycles. The third kappa shape index (κ3) is 3.04. The number of nitrogens with zero attached hydrogens (tertiary/aromatic N) is 1. The van der Waals surface area contributed by atoms with Crippen LogP contribution in [0.3, 0.4) is 0 Å². The van der Waals surface area contributed by atoms with E-state index >= 15 is 0 Å². The molecule has 1 unspecified atom stereocenters. The maximum atomic E-state index is 11.9. The molecule has 0 aliphatic carbocycles. The van der Waals surface area contributed by atoms with E-state index in [0.29, 0.717) is 19.1 Å². The van der Waals surface area contributed by atoms with E-state index in [2.05, 4.69) is 4.90 Å². The topological polar surface area (TPSA) is 46.3 Å². The zero-order valence-corrected chi connectivity index (χ0v) is 10.7. The van der Waals surface area contributed by atoms with Crippen LogP contribution in [0.15, 0.2) is 17.5 Å². The van der Waals surface area contributed by atoms with E-state index in [-0.39, 0.29) is 18.2 Å². The van der Waals surface area contributed by atoms with Crippen LogP contribution in [0.25, 0.3) is 0 Å². The number of hydrogen-bond acceptors (Lipinski definition) is 4. The van der Waals surface area contributed by atoms with Crippen LogP contribution in [0, 0.1) is 0 Å². The average Bonchev–Trinajstić information content (AvgIpc) is 2.87. The fourth-order valence-corrected chi connectivity index (χ4v) is 2.73. The summed E-state index contributed by atoms with van der Waals surface area (Å²) in [6, 6.07) is 4.22. The Labute approximate surface area is 106 Å². The lowest BCUT2D eigenvalue weighted by atomic mass is 10.2. The highest BCUT2D eigenvalue weighted by atomic mass is 35.5. The molecule has 0 amide bonds. The molecule has 1 saturated heterocycles. The van der Waals surface area contributed by atoms with Crippen molar-refractivity contribution in [2.75, 3.05) is 19.6 Å². The maximum Gasteiger partial charge on any atom is 0.186 e. The van der Waals surface area contributed by atoms with Crippen molar-refractivity contribution in [2.45, 2.75) is 18.9 Å². The summed E-state index contributed by atoms with van der Waals surface area (Å²) in [5, 5.41) is 1.94. The van der Waals surface area contributed by atoms with Gasteiger partial charge in [-0.1, -0.05) is 6.07 Å². The Morgan fingerprint density at radius 3 is 3.06 bits per heavy atom. The Kier molecular flexibility index (Phi) is 5.41. The van der Waals surface area contributed by atoms with Gasteiger partial charge in [0.25, 0.3) is 0 Å². The predicted molar refractivity (Wildman–Crippen MR) is 69.5 cm³/mol. The van der Waals surface area contributed by atoms with Crippen molar-refractivity contribution in [3.05, 3.63) is 22.4 Å². The Morgan fingerprint density at radius 2 is 2.44 bits per heavy atom. The van der Waals surface area contributed by atoms with E-state index in [1.165, 1.54) is 17.8 Å². The predicted octanol–water partition coefficient (Wildman–Crippen LogP) is 1.78. The lowest BCUT2D eigenvalue weighted by molar-refractivity contribution is 0.0928. The lowest BCUT2D eigenvalue weighted by Crippen LogP contribution is -2.38. The van der Waals surface area contributed by atoms with Gasteiger partial charge in [-0.05, 0) is 30.8 Å². The Hall–Kier alpha value is -0.420. The third-order valence-electron chi connectivity index (χ3n) is 2.91. The number of carbonyl (C=O) groups is 1. The molecule has 0 saturated carbocycles. The molecule has 16 heavy (non-hydrogen) atoms. The van der Waals surface area contributed by atoms with E-state index in [0.717, 1.165) is 17.8 Å². The first kappa shape index (κ1) is 13.6. The molecule has 1 aliphatic heterocycles. The number of likely N-dealkylation sites (tertiary alicyclic amines) is 1. The number of thiophene rings is 1. The van der Waals surface area contributed by atoms with Crippen molar-refractivity contribution in [3.63, 3.8) is 0 Å². The van der Waals surface area contributed by atoms with Gasteiger partial charge in [-0.25, -0.2) is 0 Å². The van der Waals surface area contributed by atoms with Gasteiger partial charge in [0.15, 0.2) is 5.78 Å². The van der Waals surface area contributed by atoms with Crippen LogP contribution in [0.4, 0.5) is 0 Å². The highest BCUT2D eigenvalue weighted by Gasteiger charge is 2.25. The Bertz CT molecular complexity index is 329. The van der Waals surface area contributed by atoms with Gasteiger partial charge in [0, 0.05) is 12.6 Å². The van der Waals surface area contributed by atoms with Gasteiger partial charge < -0.3 is 5.73 Å². The quantitative estimate of drug-likeness (QED) is 0.840. The summed E-state index contributed by atoms with van der Waals surface area (Å²) in [5.41, 5.74) is 5.67. The van der Waals surface area contributed by atoms with E-state index in [1.54, 1.807) is 0 Å². The van der Waals surface area contributed by atoms with Crippen molar-refractivity contribution in [3.8, 4) is 0 Å². The molecule has 3 nitrogen and oxygen atoms in total. The monoisotopic (exact) mass is 260 g/mol. The molecular formula is C11H17ClN2OS. The molecule has 0 radical (unpaired) electrons. The van der Waals surface area contributed by atoms with E-state index in [4.69, 9.17) is 5.73 Å². The molecule has 2 rings (SSSR count). The summed E-state index contributed by atoms with van der Waals surface area (Å²) < 4.78 is 0. The van der Waals surface area contributed by atoms with Gasteiger partial charge in [0.1, 0.15) is 0 Å². The number of ketones is 1. The summed E-state index contributed by atoms with van der Waals surface area (Å²) in [7, 11) is 0. The smallest absolute Gasteiger partial charge is 0.186 e. The summed E-state index contributed by atoms with van der Waals surface area (Å²) >= 11 is 1.52. The number of halogens is 1. The molecule has 2 N–H and O–H groups in total. The fourth-order valence-electron chi connectivity index (χ4n) is 2.07. The fraction of sp³-hybridized carbons (Fsp3) is 0.545. The van der Waals surface area contributed by atoms with Crippen LogP contribution < -0.4 is 5.73 Å². The highest BCUT2D eigenvalue weighted by Crippen LogP contribution is 2.17. The third-order valence-corrected chi connectivity index (χ3v) is 3.82. The molecular weight excluding hydrogens is 244 g/mol. The van der Waals surface area contributed by atoms with Gasteiger partial charge >= 0.3 is 0 Å². The molecule has 1 atom stereocenters. The van der Waals surface area contributed by atoms with Crippen molar-refractivity contribution in [1.82, 2.24) is 4.90 Å². The molecule has 1 aromatic rings. The average molecular weight is 261 g/mol. The van der Waals surface area contributed by atoms with Crippen LogP contribution in [0.1, 0.15) is 22.5 Å². The van der Waals surface area contributed by atoms with Gasteiger partial charge in [-0.3, -0.25) is 9.69 Å². The SMILES string of the molecule is Cl.NCC1CCCN1CC(=O)c1cccs1. The summed E-state index contributed by atoms with van der Waals surface area (Å²) in [6.07, 6.45) is 2.30. The highest BCUT2D eigenvalue weighted by molar-refractivity contribution is 7.12. The molecule has 1 aromatic heterocycles. The van der Waals surface area contributed by atoms with E-state index in [1.807, 2.05) is 17.5 Å². The summed E-state index contributed by atoms with van der Waals surface area (Å²) in [6.45, 7) is 2.21. The van der Waals surface area contributed by atoms with Crippen LogP contribution in [0.5, 0.6) is 0 Å². The molecule has 5 heteroatoms. The standard InChI is InChI=1S/C11H16N2OS.ClH/c12-7-9-3-1-5-13(9)8-10(14)11-4-2-6-15-11;/h2,4,6,9H,1,3,5,7-8,12H2;1H. The van der Waals surface area contributed by atoms with Gasteiger partial charge in [0.05, 0.1) is 11.4 Å². The number of rotatable bonds is 4. The maximum absolute atomic E-state index is 11.9. The van der Waals surface area contributed by atoms with Crippen LogP contribution in [0.2, 0.25) is 0 Å². The molecule has 0 bridgehead atoms. The number of Topliss-reactive ketones (excluding diaryl/α,β-unsaturated/α-hetero) is 1. The molecule has 1 aliphatic rings. The van der Waals surface area contributed by atoms with Crippen molar-refractivity contribution < 1.29 is 4.79 Å². The van der Waals surface area contributed by atoms with E-state index in [9.17, 15) is 4.79 Å². The van der Waals surface area contributed by atoms with Gasteiger partial charge in [-0.15, -0.1) is 23.7 Å². The van der Waals surface area contributed by atoms with Crippen LogP contribution in [-0.2, 0) is 0 Å². The summed E-state index contributed by atoms with van der Waals surface area (Å²) in [4.78, 5) is 14.9. The second-order valence-electron chi connectivity index (χ2n) is 3.90. The zero-order chi connectivity index (χ0) is 10.7. The van der Waals surface area contributed by atoms with Gasteiger partial charge in [-0.2, -0.15) is 0 Å². The Morgan fingerprint density at radius 1 is 1.62 bits per heavy atom. The molecule has 0 spiro atoms. The largest absolute Gasteiger partial charge is 0.329 e. The minimum absolute atomic E-state index is 0. The first-order valence-electron chi connectivity index (χ1n) is 5.32. The molecule has 1 fully saturated rings. The first-order valence-corrected chi connectivity index (χ1v) is 6.20. The second kappa shape index (κ2) is 6.35. The minimum atomic E-state index is 0. The number of hydrogen-bond donors (Lipinski definition) is 1. The van der Waals surface area contributed by atoms with Crippen molar-refractivity contribution >= 4 is 29.5 Å². The number of nitrogens with two attached hydrogens (primary N) is 1. The van der Waals surface area contributed by atoms with Crippen molar-refractivity contribution in [1.29, 1.82) is 0 Å². The zero-order valence-electron chi connectivity index (χ0n) is 9.09. The van der Waals surface area contributed by atoms with Crippen molar-refractivity contribution in [2.24, 2.45) is 5.73 Å². The molecule has 90 valence electrons. The van der Waals surface area contributed by atoms with Crippen LogP contribution >= 0.6 is 23.7 Å². The minimum Gasteiger partial charge on any atom is -0.329 e. The normalized spacial score (nSPS) is 20.7. The lowest BCUT2D eigenvalue weighted by Gasteiger charge is -2.21. The van der Waals surface area contributed by atoms with Crippen LogP contribution in [-0.4, -0.2) is 36.4 Å². The second-order valence-corrected chi connectivity index (χ2v) is 4.85. The summed E-state index contributed by atoms with van der Waals surface area (Å²) in [5.74, 6) is 0.227. The number of carbonyl (C=O) groups excluding carboxylic acids is 1. The molecule has 2 heterocycles. The van der Waals surface area contributed by atoms with E-state index < -0.39 is 0 Å². The Balaban J connectivity index is 0.00000128. The first-order chi connectivity index (χ1) is 7.31. The van der Waals surface area contributed by atoms with Gasteiger partial charge in [0.2, 0.25) is 0 Å².